The van der Waals surface area contributed by atoms with Gasteiger partial charge in [0.25, 0.3) is 0 Å². The molecule has 0 bridgehead atoms. The van der Waals surface area contributed by atoms with Crippen molar-refractivity contribution >= 4 is 11.7 Å². The molecule has 0 radical (unpaired) electrons. The van der Waals surface area contributed by atoms with E-state index in [0.29, 0.717) is 0 Å². The fraction of sp³-hybridized carbons (Fsp3) is 0.500. The second kappa shape index (κ2) is 5.49. The van der Waals surface area contributed by atoms with Crippen LogP contribution in [0.5, 0.6) is 0 Å². The van der Waals surface area contributed by atoms with Crippen molar-refractivity contribution in [2.75, 3.05) is 18.0 Å². The molecule has 16 heavy (non-hydrogen) atoms. The molecule has 0 saturated carbocycles. The normalized spacial score (nSPS) is 10.2. The molecule has 0 unspecified atom stereocenters. The Morgan fingerprint density at radius 2 is 2.12 bits per heavy atom. The minimum absolute atomic E-state index is 0.0806. The third-order valence-corrected chi connectivity index (χ3v) is 2.48. The molecule has 1 rings (SSSR count). The highest BCUT2D eigenvalue weighted by atomic mass is 15.2. The van der Waals surface area contributed by atoms with Gasteiger partial charge in [0.05, 0.1) is 5.56 Å². The molecular weight excluding hydrogens is 200 g/mol. The molecule has 4 nitrogen and oxygen atoms in total. The molecule has 0 aromatic carbocycles. The fourth-order valence-corrected chi connectivity index (χ4v) is 1.68. The Morgan fingerprint density at radius 3 is 2.62 bits per heavy atom. The molecule has 0 atom stereocenters. The SMILES string of the molecule is CCCN(CC)c1nc(C)ccc1C(=N)N. The van der Waals surface area contributed by atoms with E-state index in [1.807, 2.05) is 19.1 Å². The fourth-order valence-electron chi connectivity index (χ4n) is 1.68. The van der Waals surface area contributed by atoms with Crippen LogP contribution in [0.25, 0.3) is 0 Å². The molecular formula is C12H20N4. The monoisotopic (exact) mass is 220 g/mol. The number of nitrogens with zero attached hydrogens (tertiary/aromatic N) is 2. The van der Waals surface area contributed by atoms with Crippen molar-refractivity contribution in [3.05, 3.63) is 23.4 Å². The Balaban J connectivity index is 3.16. The first kappa shape index (κ1) is 12.5. The Labute approximate surface area is 97.0 Å². The molecule has 0 aliphatic rings. The van der Waals surface area contributed by atoms with E-state index in [9.17, 15) is 0 Å². The molecule has 1 heterocycles. The number of anilines is 1. The van der Waals surface area contributed by atoms with Gasteiger partial charge in [-0.2, -0.15) is 0 Å². The van der Waals surface area contributed by atoms with Crippen molar-refractivity contribution in [3.8, 4) is 0 Å². The zero-order chi connectivity index (χ0) is 12.1. The van der Waals surface area contributed by atoms with Crippen LogP contribution >= 0.6 is 0 Å². The van der Waals surface area contributed by atoms with E-state index < -0.39 is 0 Å². The maximum Gasteiger partial charge on any atom is 0.139 e. The number of nitrogens with two attached hydrogens (primary N) is 1. The molecule has 0 aliphatic heterocycles. The molecule has 0 fully saturated rings. The summed E-state index contributed by atoms with van der Waals surface area (Å²) in [7, 11) is 0. The number of nitrogen functional groups attached to an aromatic ring is 1. The first-order valence-corrected chi connectivity index (χ1v) is 5.67. The van der Waals surface area contributed by atoms with Crippen LogP contribution in [0, 0.1) is 12.3 Å². The summed E-state index contributed by atoms with van der Waals surface area (Å²) >= 11 is 0. The summed E-state index contributed by atoms with van der Waals surface area (Å²) in [4.78, 5) is 6.65. The Hall–Kier alpha value is -1.58. The highest BCUT2D eigenvalue weighted by Crippen LogP contribution is 2.18. The highest BCUT2D eigenvalue weighted by Gasteiger charge is 2.12. The van der Waals surface area contributed by atoms with Gasteiger partial charge in [0.1, 0.15) is 11.7 Å². The lowest BCUT2D eigenvalue weighted by Crippen LogP contribution is -2.28. The zero-order valence-corrected chi connectivity index (χ0v) is 10.2. The van der Waals surface area contributed by atoms with E-state index in [4.69, 9.17) is 11.1 Å². The largest absolute Gasteiger partial charge is 0.384 e. The van der Waals surface area contributed by atoms with Gasteiger partial charge in [0, 0.05) is 18.8 Å². The van der Waals surface area contributed by atoms with E-state index in [0.717, 1.165) is 36.6 Å². The minimum Gasteiger partial charge on any atom is -0.384 e. The van der Waals surface area contributed by atoms with E-state index in [1.54, 1.807) is 0 Å². The second-order valence-corrected chi connectivity index (χ2v) is 3.82. The standard InChI is InChI=1S/C12H20N4/c1-4-8-16(5-2)12-10(11(13)14)7-6-9(3)15-12/h6-7H,4-5,8H2,1-3H3,(H3,13,14). The zero-order valence-electron chi connectivity index (χ0n) is 10.2. The molecule has 88 valence electrons. The predicted molar refractivity (Wildman–Crippen MR) is 68.2 cm³/mol. The van der Waals surface area contributed by atoms with Crippen LogP contribution in [0.1, 0.15) is 31.5 Å². The van der Waals surface area contributed by atoms with E-state index in [2.05, 4.69) is 23.7 Å². The van der Waals surface area contributed by atoms with E-state index in [-0.39, 0.29) is 5.84 Å². The van der Waals surface area contributed by atoms with Crippen molar-refractivity contribution in [2.24, 2.45) is 5.73 Å². The molecule has 3 N–H and O–H groups in total. The van der Waals surface area contributed by atoms with Crippen molar-refractivity contribution < 1.29 is 0 Å². The quantitative estimate of drug-likeness (QED) is 0.588. The average molecular weight is 220 g/mol. The van der Waals surface area contributed by atoms with Gasteiger partial charge >= 0.3 is 0 Å². The van der Waals surface area contributed by atoms with Crippen molar-refractivity contribution in [2.45, 2.75) is 27.2 Å². The van der Waals surface area contributed by atoms with Gasteiger partial charge < -0.3 is 10.6 Å². The number of hydrogen-bond acceptors (Lipinski definition) is 3. The molecule has 0 spiro atoms. The summed E-state index contributed by atoms with van der Waals surface area (Å²) in [5.41, 5.74) is 7.25. The maximum atomic E-state index is 7.56. The molecule has 1 aromatic rings. The summed E-state index contributed by atoms with van der Waals surface area (Å²) in [6, 6.07) is 3.76. The minimum atomic E-state index is 0.0806. The summed E-state index contributed by atoms with van der Waals surface area (Å²) in [6.45, 7) is 7.99. The Bertz CT molecular complexity index is 373. The third kappa shape index (κ3) is 2.72. The van der Waals surface area contributed by atoms with Crippen LogP contribution in [0.3, 0.4) is 0 Å². The van der Waals surface area contributed by atoms with Gasteiger partial charge in [-0.3, -0.25) is 5.41 Å². The Kier molecular flexibility index (Phi) is 4.28. The number of hydrogen-bond donors (Lipinski definition) is 2. The van der Waals surface area contributed by atoms with Crippen LogP contribution in [0.4, 0.5) is 5.82 Å². The van der Waals surface area contributed by atoms with Crippen LogP contribution in [-0.2, 0) is 0 Å². The first-order chi connectivity index (χ1) is 7.60. The van der Waals surface area contributed by atoms with Crippen LogP contribution in [0.2, 0.25) is 0 Å². The van der Waals surface area contributed by atoms with Crippen LogP contribution < -0.4 is 10.6 Å². The predicted octanol–water partition coefficient (Wildman–Crippen LogP) is 1.91. The molecule has 0 saturated heterocycles. The number of amidine groups is 1. The van der Waals surface area contributed by atoms with Crippen molar-refractivity contribution in [1.29, 1.82) is 5.41 Å². The molecule has 1 aromatic heterocycles. The summed E-state index contributed by atoms with van der Waals surface area (Å²) < 4.78 is 0. The number of pyridine rings is 1. The van der Waals surface area contributed by atoms with Crippen molar-refractivity contribution in [1.82, 2.24) is 4.98 Å². The average Bonchev–Trinajstić information content (AvgIpc) is 2.25. The third-order valence-electron chi connectivity index (χ3n) is 2.48. The first-order valence-electron chi connectivity index (χ1n) is 5.67. The van der Waals surface area contributed by atoms with E-state index >= 15 is 0 Å². The summed E-state index contributed by atoms with van der Waals surface area (Å²) in [5, 5.41) is 7.56. The lowest BCUT2D eigenvalue weighted by molar-refractivity contribution is 0.775. The Morgan fingerprint density at radius 1 is 1.44 bits per heavy atom. The highest BCUT2D eigenvalue weighted by molar-refractivity contribution is 5.99. The lowest BCUT2D eigenvalue weighted by atomic mass is 10.2. The van der Waals surface area contributed by atoms with E-state index in [1.165, 1.54) is 0 Å². The van der Waals surface area contributed by atoms with Gasteiger partial charge in [-0.1, -0.05) is 6.92 Å². The summed E-state index contributed by atoms with van der Waals surface area (Å²) in [5.74, 6) is 0.911. The molecule has 0 amide bonds. The molecule has 4 heteroatoms. The number of aryl methyl sites for hydroxylation is 1. The van der Waals surface area contributed by atoms with Gasteiger partial charge in [-0.25, -0.2) is 4.98 Å². The van der Waals surface area contributed by atoms with Crippen molar-refractivity contribution in [3.63, 3.8) is 0 Å². The van der Waals surface area contributed by atoms with Gasteiger partial charge in [0.15, 0.2) is 0 Å². The van der Waals surface area contributed by atoms with Crippen LogP contribution in [-0.4, -0.2) is 23.9 Å². The molecule has 0 aliphatic carbocycles. The second-order valence-electron chi connectivity index (χ2n) is 3.82. The maximum absolute atomic E-state index is 7.56. The number of rotatable bonds is 5. The number of aromatic nitrogens is 1. The topological polar surface area (TPSA) is 66.0 Å². The smallest absolute Gasteiger partial charge is 0.139 e. The van der Waals surface area contributed by atoms with Gasteiger partial charge in [0.2, 0.25) is 0 Å². The number of nitrogens with one attached hydrogen (secondary N) is 1. The van der Waals surface area contributed by atoms with Gasteiger partial charge in [-0.15, -0.1) is 0 Å². The summed E-state index contributed by atoms with van der Waals surface area (Å²) in [6.07, 6.45) is 1.06. The van der Waals surface area contributed by atoms with Crippen LogP contribution in [0.15, 0.2) is 12.1 Å². The lowest BCUT2D eigenvalue weighted by Gasteiger charge is -2.23. The van der Waals surface area contributed by atoms with Gasteiger partial charge in [-0.05, 0) is 32.4 Å².